The fraction of sp³-hybridized carbons (Fsp3) is 0.238. The molecule has 0 saturated carbocycles. The van der Waals surface area contributed by atoms with E-state index in [-0.39, 0.29) is 58.4 Å². The molecule has 152 valence electrons. The first-order chi connectivity index (χ1) is 15.1. The maximum atomic E-state index is 14.0. The average molecular weight is 408 g/mol. The summed E-state index contributed by atoms with van der Waals surface area (Å²) in [4.78, 5) is 22.1. The van der Waals surface area contributed by atoms with E-state index in [1.54, 1.807) is 21.0 Å². The van der Waals surface area contributed by atoms with Gasteiger partial charge in [-0.2, -0.15) is 0 Å². The summed E-state index contributed by atoms with van der Waals surface area (Å²) in [5.74, 6) is -1.17. The highest BCUT2D eigenvalue weighted by molar-refractivity contribution is 5.96. The van der Waals surface area contributed by atoms with Crippen LogP contribution in [-0.2, 0) is 13.6 Å². The molecule has 2 aromatic heterocycles. The number of carbonyl (C=O) groups excluding carboxylic acids is 1. The van der Waals surface area contributed by atoms with Crippen molar-refractivity contribution in [3.05, 3.63) is 64.5 Å². The van der Waals surface area contributed by atoms with Crippen molar-refractivity contribution in [2.45, 2.75) is 19.6 Å². The van der Waals surface area contributed by atoms with Crippen LogP contribution in [0.1, 0.15) is 37.4 Å². The van der Waals surface area contributed by atoms with Crippen LogP contribution in [-0.4, -0.2) is 32.6 Å². The summed E-state index contributed by atoms with van der Waals surface area (Å²) in [7, 11) is 3.12. The molecule has 8 nitrogen and oxygen atoms in total. The van der Waals surface area contributed by atoms with Gasteiger partial charge in [-0.1, -0.05) is 6.57 Å². The van der Waals surface area contributed by atoms with Gasteiger partial charge in [-0.05, 0) is 36.7 Å². The Bertz CT molecular complexity index is 1320. The third-order valence-corrected chi connectivity index (χ3v) is 4.91. The molecule has 3 aromatic rings. The number of fused-ring (bicyclic) bond motifs is 5. The van der Waals surface area contributed by atoms with Crippen molar-refractivity contribution in [3.8, 4) is 16.9 Å². The number of hydrogen-bond donors (Lipinski definition) is 1. The fourth-order valence-corrected chi connectivity index (χ4v) is 3.45. The Morgan fingerprint density at radius 2 is 2.20 bits per heavy atom. The van der Waals surface area contributed by atoms with E-state index in [0.29, 0.717) is 5.69 Å². The van der Waals surface area contributed by atoms with E-state index in [4.69, 9.17) is 19.8 Å². The lowest BCUT2D eigenvalue weighted by atomic mass is 10.0. The summed E-state index contributed by atoms with van der Waals surface area (Å²) in [6.45, 7) is 9.17. The summed E-state index contributed by atoms with van der Waals surface area (Å²) >= 11 is 0. The number of ether oxygens (including phenoxy) is 1. The van der Waals surface area contributed by atoms with Crippen LogP contribution in [0.2, 0.25) is 0 Å². The number of carbonyl (C=O) groups is 1. The van der Waals surface area contributed by atoms with Crippen molar-refractivity contribution in [2.24, 2.45) is 7.05 Å². The number of benzene rings is 1. The van der Waals surface area contributed by atoms with Crippen molar-refractivity contribution < 1.29 is 16.7 Å². The molecule has 1 aromatic carbocycles. The number of halogens is 1. The van der Waals surface area contributed by atoms with Gasteiger partial charge in [0.1, 0.15) is 17.6 Å². The molecule has 0 radical (unpaired) electrons. The van der Waals surface area contributed by atoms with Crippen molar-refractivity contribution >= 4 is 17.5 Å². The Morgan fingerprint density at radius 1 is 1.43 bits per heavy atom. The van der Waals surface area contributed by atoms with Gasteiger partial charge in [0.25, 0.3) is 11.7 Å². The van der Waals surface area contributed by atoms with Crippen LogP contribution in [0.5, 0.6) is 5.75 Å². The van der Waals surface area contributed by atoms with E-state index in [0.717, 1.165) is 0 Å². The average Bonchev–Trinajstić information content (AvgIpc) is 3.04. The van der Waals surface area contributed by atoms with Crippen LogP contribution in [0.4, 0.5) is 16.0 Å². The summed E-state index contributed by atoms with van der Waals surface area (Å²) in [6.07, 6.45) is -1.17. The van der Waals surface area contributed by atoms with Crippen LogP contribution in [0.15, 0.2) is 30.4 Å². The highest BCUT2D eigenvalue weighted by atomic mass is 19.1. The van der Waals surface area contributed by atoms with Crippen LogP contribution < -0.4 is 10.5 Å². The number of pyridine rings is 1. The zero-order chi connectivity index (χ0) is 23.3. The summed E-state index contributed by atoms with van der Waals surface area (Å²) in [6, 6.07) is 3.53. The van der Waals surface area contributed by atoms with Gasteiger partial charge in [-0.3, -0.25) is 4.79 Å². The quantitative estimate of drug-likeness (QED) is 0.575. The molecular formula is C21H19FN6O2. The smallest absolute Gasteiger partial charge is 0.260 e. The molecule has 1 aliphatic heterocycles. The van der Waals surface area contributed by atoms with Crippen molar-refractivity contribution in [1.29, 1.82) is 0 Å². The summed E-state index contributed by atoms with van der Waals surface area (Å²) < 4.78 is 38.3. The first-order valence-electron chi connectivity index (χ1n) is 10.1. The van der Waals surface area contributed by atoms with Gasteiger partial charge in [-0.25, -0.2) is 14.1 Å². The van der Waals surface area contributed by atoms with Crippen LogP contribution >= 0.6 is 0 Å². The minimum absolute atomic E-state index is 0.0117. The second-order valence-corrected chi connectivity index (χ2v) is 6.97. The van der Waals surface area contributed by atoms with Crippen molar-refractivity contribution in [3.63, 3.8) is 0 Å². The second-order valence-electron chi connectivity index (χ2n) is 6.97. The van der Waals surface area contributed by atoms with Gasteiger partial charge in [0.05, 0.1) is 16.3 Å². The molecule has 0 unspecified atom stereocenters. The number of nitrogens with two attached hydrogens (primary N) is 1. The monoisotopic (exact) mass is 408 g/mol. The summed E-state index contributed by atoms with van der Waals surface area (Å²) in [5, 5.41) is 4.36. The Balaban J connectivity index is 2.07. The lowest BCUT2D eigenvalue weighted by molar-refractivity contribution is 0.0778. The second kappa shape index (κ2) is 7.15. The number of anilines is 1. The van der Waals surface area contributed by atoms with E-state index < -0.39 is 17.8 Å². The first-order valence-corrected chi connectivity index (χ1v) is 9.06. The Morgan fingerprint density at radius 3 is 2.93 bits per heavy atom. The van der Waals surface area contributed by atoms with E-state index >= 15 is 0 Å². The molecule has 0 saturated heterocycles. The molecule has 2 N–H and O–H groups in total. The molecule has 2 bridgehead atoms. The molecule has 1 aliphatic rings. The minimum Gasteiger partial charge on any atom is -0.482 e. The molecule has 0 spiro atoms. The SMILES string of the molecule is [2H]c1nc(N)c2c([2H])c1-c1c(nn(C)c1[N+]#[C-])CN(C)C(=O)c1ccc(F)cc1[C@H](C)O2. The van der Waals surface area contributed by atoms with E-state index in [1.165, 1.54) is 27.8 Å². The number of aryl methyl sites for hydroxylation is 1. The first kappa shape index (κ1) is 17.0. The van der Waals surface area contributed by atoms with E-state index in [1.807, 2.05) is 0 Å². The van der Waals surface area contributed by atoms with Crippen molar-refractivity contribution in [2.75, 3.05) is 12.8 Å². The van der Waals surface area contributed by atoms with Gasteiger partial charge >= 0.3 is 0 Å². The highest BCUT2D eigenvalue weighted by Gasteiger charge is 2.27. The number of nitrogen functional groups attached to an aromatic ring is 1. The van der Waals surface area contributed by atoms with E-state index in [2.05, 4.69) is 14.9 Å². The third-order valence-electron chi connectivity index (χ3n) is 4.91. The molecule has 1 atom stereocenters. The van der Waals surface area contributed by atoms with Gasteiger partial charge in [0.15, 0.2) is 11.6 Å². The maximum absolute atomic E-state index is 14.0. The van der Waals surface area contributed by atoms with Crippen LogP contribution in [0.25, 0.3) is 16.0 Å². The number of nitrogens with zero attached hydrogens (tertiary/aromatic N) is 5. The van der Waals surface area contributed by atoms with Crippen LogP contribution in [0.3, 0.4) is 0 Å². The highest BCUT2D eigenvalue weighted by Crippen LogP contribution is 2.38. The number of aromatic nitrogens is 3. The Kier molecular flexibility index (Phi) is 4.05. The van der Waals surface area contributed by atoms with Crippen LogP contribution in [0, 0.1) is 12.4 Å². The Hall–Kier alpha value is -3.93. The molecule has 9 heteroatoms. The zero-order valence-corrected chi connectivity index (χ0v) is 16.5. The van der Waals surface area contributed by atoms with Gasteiger partial charge in [-0.15, -0.1) is 5.10 Å². The molecule has 0 aliphatic carbocycles. The number of rotatable bonds is 0. The standard InChI is InChI=1S/C21H19FN6O2/c1-11-15-8-13(22)5-6-14(15)21(29)27(3)10-16-18(20(24-2)28(4)26-16)12-7-17(30-11)19(23)25-9-12/h5-9,11H,10H2,1,3-4H3,(H2,23,25)/t11-/m0/s1/i7D,9D. The van der Waals surface area contributed by atoms with Gasteiger partial charge in [0, 0.05) is 29.9 Å². The maximum Gasteiger partial charge on any atom is 0.260 e. The lowest BCUT2D eigenvalue weighted by Crippen LogP contribution is -2.28. The molecule has 0 fully saturated rings. The predicted molar refractivity (Wildman–Crippen MR) is 108 cm³/mol. The number of amides is 1. The van der Waals surface area contributed by atoms with Gasteiger partial charge in [0.2, 0.25) is 0 Å². The molecule has 3 heterocycles. The molecule has 1 amide bonds. The van der Waals surface area contributed by atoms with Gasteiger partial charge < -0.3 is 20.2 Å². The number of hydrogen-bond acceptors (Lipinski definition) is 5. The predicted octanol–water partition coefficient (Wildman–Crippen LogP) is 3.48. The largest absolute Gasteiger partial charge is 0.482 e. The minimum atomic E-state index is -0.858. The third kappa shape index (κ3) is 3.12. The molecular weight excluding hydrogens is 387 g/mol. The molecule has 4 rings (SSSR count). The lowest BCUT2D eigenvalue weighted by Gasteiger charge is -2.23. The normalized spacial score (nSPS) is 16.8. The summed E-state index contributed by atoms with van der Waals surface area (Å²) in [5.41, 5.74) is 7.03. The molecule has 30 heavy (non-hydrogen) atoms. The Labute approximate surface area is 175 Å². The zero-order valence-electron chi connectivity index (χ0n) is 18.5. The topological polar surface area (TPSA) is 90.6 Å². The van der Waals surface area contributed by atoms with E-state index in [9.17, 15) is 9.18 Å². The fourth-order valence-electron chi connectivity index (χ4n) is 3.45. The van der Waals surface area contributed by atoms with Crippen molar-refractivity contribution in [1.82, 2.24) is 19.7 Å².